The molecule has 7 heteroatoms. The fourth-order valence-electron chi connectivity index (χ4n) is 3.67. The lowest BCUT2D eigenvalue weighted by atomic mass is 10.2. The summed E-state index contributed by atoms with van der Waals surface area (Å²) in [7, 11) is 0. The van der Waals surface area contributed by atoms with E-state index in [0.29, 0.717) is 25.0 Å². The Morgan fingerprint density at radius 2 is 1.96 bits per heavy atom. The Hall–Kier alpha value is -2.51. The Labute approximate surface area is 158 Å². The number of benzene rings is 1. The number of aromatic nitrogens is 2. The Balaban J connectivity index is 1.39. The second-order valence-corrected chi connectivity index (χ2v) is 7.07. The average Bonchev–Trinajstić information content (AvgIpc) is 3.22. The number of nitrogens with one attached hydrogen (secondary N) is 1. The van der Waals surface area contributed by atoms with Crippen molar-refractivity contribution in [3.63, 3.8) is 0 Å². The molecule has 1 aromatic carbocycles. The van der Waals surface area contributed by atoms with Crippen molar-refractivity contribution in [1.29, 1.82) is 0 Å². The first kappa shape index (κ1) is 17.9. The summed E-state index contributed by atoms with van der Waals surface area (Å²) in [6, 6.07) is 9.40. The molecule has 0 unspecified atom stereocenters. The van der Waals surface area contributed by atoms with Crippen LogP contribution >= 0.6 is 0 Å². The van der Waals surface area contributed by atoms with Gasteiger partial charge in [0.25, 0.3) is 11.5 Å². The van der Waals surface area contributed by atoms with Gasteiger partial charge in [-0.25, -0.2) is 4.98 Å². The first-order valence-electron chi connectivity index (χ1n) is 9.49. The second kappa shape index (κ2) is 8.02. The molecule has 3 heterocycles. The molecule has 142 valence electrons. The van der Waals surface area contributed by atoms with Crippen LogP contribution in [0, 0.1) is 0 Å². The number of amides is 1. The molecule has 27 heavy (non-hydrogen) atoms. The highest BCUT2D eigenvalue weighted by Gasteiger charge is 2.26. The van der Waals surface area contributed by atoms with Crippen molar-refractivity contribution in [2.24, 2.45) is 0 Å². The van der Waals surface area contributed by atoms with Gasteiger partial charge in [0.15, 0.2) is 0 Å². The van der Waals surface area contributed by atoms with Crippen molar-refractivity contribution < 1.29 is 9.53 Å². The molecule has 0 saturated carbocycles. The van der Waals surface area contributed by atoms with E-state index in [1.54, 1.807) is 4.90 Å². The molecule has 2 fully saturated rings. The summed E-state index contributed by atoms with van der Waals surface area (Å²) in [5.41, 5.74) is 0.522. The zero-order valence-corrected chi connectivity index (χ0v) is 15.3. The molecule has 1 amide bonds. The van der Waals surface area contributed by atoms with Gasteiger partial charge in [-0.3, -0.25) is 14.5 Å². The van der Waals surface area contributed by atoms with Crippen LogP contribution in [0.3, 0.4) is 0 Å². The number of piperazine rings is 1. The third-order valence-corrected chi connectivity index (χ3v) is 5.22. The predicted molar refractivity (Wildman–Crippen MR) is 102 cm³/mol. The number of carbonyl (C=O) groups excluding carboxylic acids is 1. The molecule has 0 bridgehead atoms. The van der Waals surface area contributed by atoms with Crippen molar-refractivity contribution in [2.75, 3.05) is 39.3 Å². The van der Waals surface area contributed by atoms with E-state index in [0.717, 1.165) is 44.6 Å². The summed E-state index contributed by atoms with van der Waals surface area (Å²) in [4.78, 5) is 36.2. The number of rotatable bonds is 4. The van der Waals surface area contributed by atoms with Gasteiger partial charge in [-0.15, -0.1) is 0 Å². The van der Waals surface area contributed by atoms with Gasteiger partial charge in [0.05, 0.1) is 6.10 Å². The van der Waals surface area contributed by atoms with Crippen molar-refractivity contribution in [2.45, 2.75) is 18.9 Å². The van der Waals surface area contributed by atoms with E-state index in [4.69, 9.17) is 4.74 Å². The summed E-state index contributed by atoms with van der Waals surface area (Å²) in [6.07, 6.45) is 3.97. The van der Waals surface area contributed by atoms with Crippen molar-refractivity contribution in [1.82, 2.24) is 19.8 Å². The molecule has 7 nitrogen and oxygen atoms in total. The fraction of sp³-hybridized carbons (Fsp3) is 0.450. The SMILES string of the molecule is O=C(c1cnc(-c2ccccc2)[nH]c1=O)N1CCN(C[C@H]2CCCO2)CC1. The number of nitrogens with zero attached hydrogens (tertiary/aromatic N) is 3. The van der Waals surface area contributed by atoms with Gasteiger partial charge in [0.2, 0.25) is 0 Å². The largest absolute Gasteiger partial charge is 0.377 e. The van der Waals surface area contributed by atoms with Crippen LogP contribution in [0.2, 0.25) is 0 Å². The molecular weight excluding hydrogens is 344 g/mol. The van der Waals surface area contributed by atoms with Gasteiger partial charge in [0, 0.05) is 51.1 Å². The summed E-state index contributed by atoms with van der Waals surface area (Å²) in [6.45, 7) is 4.63. The number of hydrogen-bond donors (Lipinski definition) is 1. The number of aromatic amines is 1. The Morgan fingerprint density at radius 3 is 2.63 bits per heavy atom. The maximum atomic E-state index is 12.7. The second-order valence-electron chi connectivity index (χ2n) is 7.07. The number of ether oxygens (including phenoxy) is 1. The van der Waals surface area contributed by atoms with E-state index < -0.39 is 5.56 Å². The van der Waals surface area contributed by atoms with Crippen LogP contribution < -0.4 is 5.56 Å². The minimum atomic E-state index is -0.393. The van der Waals surface area contributed by atoms with Crippen LogP contribution in [0.15, 0.2) is 41.3 Å². The molecular formula is C20H24N4O3. The molecule has 2 aliphatic rings. The maximum absolute atomic E-state index is 12.7. The lowest BCUT2D eigenvalue weighted by Crippen LogP contribution is -2.51. The van der Waals surface area contributed by atoms with Crippen LogP contribution in [-0.4, -0.2) is 71.1 Å². The summed E-state index contributed by atoms with van der Waals surface area (Å²) >= 11 is 0. The van der Waals surface area contributed by atoms with E-state index in [9.17, 15) is 9.59 Å². The van der Waals surface area contributed by atoms with Gasteiger partial charge < -0.3 is 14.6 Å². The molecule has 0 spiro atoms. The van der Waals surface area contributed by atoms with E-state index >= 15 is 0 Å². The first-order chi connectivity index (χ1) is 13.2. The first-order valence-corrected chi connectivity index (χ1v) is 9.49. The molecule has 2 aliphatic heterocycles. The van der Waals surface area contributed by atoms with E-state index in [-0.39, 0.29) is 11.5 Å². The molecule has 1 N–H and O–H groups in total. The van der Waals surface area contributed by atoms with Crippen molar-refractivity contribution in [3.8, 4) is 11.4 Å². The zero-order chi connectivity index (χ0) is 18.6. The molecule has 2 aromatic rings. The normalized spacial score (nSPS) is 20.7. The highest BCUT2D eigenvalue weighted by Crippen LogP contribution is 2.15. The topological polar surface area (TPSA) is 78.5 Å². The third kappa shape index (κ3) is 4.09. The van der Waals surface area contributed by atoms with Gasteiger partial charge in [-0.05, 0) is 12.8 Å². The Morgan fingerprint density at radius 1 is 1.19 bits per heavy atom. The molecule has 0 aliphatic carbocycles. The summed E-state index contributed by atoms with van der Waals surface area (Å²) < 4.78 is 5.69. The third-order valence-electron chi connectivity index (χ3n) is 5.22. The predicted octanol–water partition coefficient (Wildman–Crippen LogP) is 1.37. The van der Waals surface area contributed by atoms with Gasteiger partial charge in [-0.2, -0.15) is 0 Å². The molecule has 2 saturated heterocycles. The maximum Gasteiger partial charge on any atom is 0.264 e. The van der Waals surface area contributed by atoms with E-state index in [1.165, 1.54) is 6.20 Å². The zero-order valence-electron chi connectivity index (χ0n) is 15.3. The van der Waals surface area contributed by atoms with Crippen LogP contribution in [-0.2, 0) is 4.74 Å². The lowest BCUT2D eigenvalue weighted by Gasteiger charge is -2.35. The fourth-order valence-corrected chi connectivity index (χ4v) is 3.67. The monoisotopic (exact) mass is 368 g/mol. The highest BCUT2D eigenvalue weighted by molar-refractivity contribution is 5.93. The minimum Gasteiger partial charge on any atom is -0.377 e. The van der Waals surface area contributed by atoms with Crippen LogP contribution in [0.5, 0.6) is 0 Å². The van der Waals surface area contributed by atoms with Crippen LogP contribution in [0.1, 0.15) is 23.2 Å². The van der Waals surface area contributed by atoms with E-state index in [2.05, 4.69) is 14.9 Å². The number of carbonyl (C=O) groups is 1. The molecule has 4 rings (SSSR count). The van der Waals surface area contributed by atoms with Gasteiger partial charge >= 0.3 is 0 Å². The molecule has 0 radical (unpaired) electrons. The Bertz CT molecular complexity index is 838. The molecule has 1 aromatic heterocycles. The quantitative estimate of drug-likeness (QED) is 0.882. The van der Waals surface area contributed by atoms with Gasteiger partial charge in [0.1, 0.15) is 11.4 Å². The smallest absolute Gasteiger partial charge is 0.264 e. The highest BCUT2D eigenvalue weighted by atomic mass is 16.5. The molecule has 1 atom stereocenters. The minimum absolute atomic E-state index is 0.0993. The number of hydrogen-bond acceptors (Lipinski definition) is 5. The van der Waals surface area contributed by atoms with Crippen LogP contribution in [0.25, 0.3) is 11.4 Å². The lowest BCUT2D eigenvalue weighted by molar-refractivity contribution is 0.0431. The summed E-state index contributed by atoms with van der Waals surface area (Å²) in [5.74, 6) is 0.221. The summed E-state index contributed by atoms with van der Waals surface area (Å²) in [5, 5.41) is 0. The number of H-pyrrole nitrogens is 1. The standard InChI is InChI=1S/C20H24N4O3/c25-19-17(13-21-18(22-19)15-5-2-1-3-6-15)20(26)24-10-8-23(9-11-24)14-16-7-4-12-27-16/h1-3,5-6,13,16H,4,7-12,14H2,(H,21,22,25)/t16-/m1/s1. The van der Waals surface area contributed by atoms with E-state index in [1.807, 2.05) is 30.3 Å². The van der Waals surface area contributed by atoms with Crippen LogP contribution in [0.4, 0.5) is 0 Å². The van der Waals surface area contributed by atoms with Crippen molar-refractivity contribution >= 4 is 5.91 Å². The van der Waals surface area contributed by atoms with Crippen molar-refractivity contribution in [3.05, 3.63) is 52.4 Å². The average molecular weight is 368 g/mol. The van der Waals surface area contributed by atoms with Gasteiger partial charge in [-0.1, -0.05) is 30.3 Å². The Kier molecular flexibility index (Phi) is 5.31.